The van der Waals surface area contributed by atoms with E-state index in [0.717, 1.165) is 24.4 Å². The first kappa shape index (κ1) is 21.7. The van der Waals surface area contributed by atoms with E-state index in [9.17, 15) is 13.6 Å². The minimum absolute atomic E-state index is 0.145. The van der Waals surface area contributed by atoms with Crippen molar-refractivity contribution >= 4 is 22.5 Å². The quantitative estimate of drug-likeness (QED) is 0.410. The Hall–Kier alpha value is -4.14. The van der Waals surface area contributed by atoms with Crippen LogP contribution in [0.1, 0.15) is 25.1 Å². The van der Waals surface area contributed by atoms with Gasteiger partial charge in [-0.15, -0.1) is 0 Å². The molecule has 0 spiro atoms. The highest BCUT2D eigenvalue weighted by Gasteiger charge is 2.25. The number of hydrogen-bond donors (Lipinski definition) is 2. The van der Waals surface area contributed by atoms with Gasteiger partial charge >= 0.3 is 0 Å². The third-order valence-electron chi connectivity index (χ3n) is 5.76. The molecule has 1 atom stereocenters. The number of furan rings is 1. The van der Waals surface area contributed by atoms with Crippen molar-refractivity contribution in [2.24, 2.45) is 12.0 Å². The van der Waals surface area contributed by atoms with Crippen LogP contribution in [0.15, 0.2) is 62.9 Å². The number of amidine groups is 1. The zero-order chi connectivity index (χ0) is 24.0. The summed E-state index contributed by atoms with van der Waals surface area (Å²) >= 11 is 0. The number of halogens is 2. The summed E-state index contributed by atoms with van der Waals surface area (Å²) in [6.45, 7) is 2.52. The van der Waals surface area contributed by atoms with E-state index in [4.69, 9.17) is 14.9 Å². The van der Waals surface area contributed by atoms with Gasteiger partial charge in [0.2, 0.25) is 0 Å². The topological polar surface area (TPSA) is 94.8 Å². The maximum Gasteiger partial charge on any atom is 0.261 e. The number of anilines is 1. The molecule has 2 aromatic heterocycles. The fraction of sp³-hybridized carbons (Fsp3) is 0.200. The molecule has 3 N–H and O–H groups in total. The number of nitrogens with one attached hydrogen (secondary N) is 1. The molecule has 0 amide bonds. The number of aliphatic imine (C=N–C) groups is 1. The molecule has 1 aliphatic heterocycles. The molecule has 34 heavy (non-hydrogen) atoms. The highest BCUT2D eigenvalue weighted by molar-refractivity contribution is 5.94. The number of nitrogen functional groups attached to an aromatic ring is 1. The predicted molar refractivity (Wildman–Crippen MR) is 126 cm³/mol. The molecule has 0 bridgehead atoms. The van der Waals surface area contributed by atoms with Crippen molar-refractivity contribution in [1.82, 2.24) is 9.88 Å². The fourth-order valence-electron chi connectivity index (χ4n) is 4.03. The van der Waals surface area contributed by atoms with Crippen LogP contribution in [0.2, 0.25) is 0 Å². The molecule has 2 aromatic carbocycles. The SMILES string of the molecule is CCC1=NCC(c2cc3c(=O)n(C)cc(-c4cc(N)ccc4Oc4ccc(F)cc4F)c3o2)N1. The maximum absolute atomic E-state index is 14.3. The Morgan fingerprint density at radius 1 is 1.18 bits per heavy atom. The van der Waals surface area contributed by atoms with Crippen LogP contribution in [0.25, 0.3) is 22.1 Å². The summed E-state index contributed by atoms with van der Waals surface area (Å²) in [5, 5.41) is 3.70. The standard InChI is InChI=1S/C25H22F2N4O3/c1-3-23-29-11-19(30-23)22-10-16-24(34-22)17(12-31(2)25(16)32)15-9-14(28)5-7-20(15)33-21-6-4-13(26)8-18(21)27/h4-10,12,19H,3,11,28H2,1-2H3,(H,29,30). The Morgan fingerprint density at radius 3 is 2.71 bits per heavy atom. The largest absolute Gasteiger partial charge is 0.458 e. The molecule has 4 aromatic rings. The normalized spacial score (nSPS) is 15.4. The number of ether oxygens (including phenoxy) is 1. The minimum Gasteiger partial charge on any atom is -0.458 e. The highest BCUT2D eigenvalue weighted by atomic mass is 19.1. The average molecular weight is 464 g/mol. The zero-order valence-electron chi connectivity index (χ0n) is 18.6. The predicted octanol–water partition coefficient (Wildman–Crippen LogP) is 4.90. The van der Waals surface area contributed by atoms with Crippen LogP contribution in [0.5, 0.6) is 11.5 Å². The summed E-state index contributed by atoms with van der Waals surface area (Å²) in [6.07, 6.45) is 2.39. The first-order valence-electron chi connectivity index (χ1n) is 10.8. The first-order chi connectivity index (χ1) is 16.3. The van der Waals surface area contributed by atoms with Gasteiger partial charge in [0.15, 0.2) is 11.6 Å². The molecule has 7 nitrogen and oxygen atoms in total. The van der Waals surface area contributed by atoms with Crippen LogP contribution in [0, 0.1) is 11.6 Å². The molecule has 1 unspecified atom stereocenters. The molecular formula is C25H22F2N4O3. The first-order valence-corrected chi connectivity index (χ1v) is 10.8. The Labute approximate surface area is 193 Å². The third-order valence-corrected chi connectivity index (χ3v) is 5.76. The number of aryl methyl sites for hydroxylation is 1. The van der Waals surface area contributed by atoms with Gasteiger partial charge in [0, 0.05) is 42.5 Å². The molecule has 1 aliphatic rings. The second-order valence-electron chi connectivity index (χ2n) is 8.12. The van der Waals surface area contributed by atoms with E-state index >= 15 is 0 Å². The molecule has 9 heteroatoms. The summed E-state index contributed by atoms with van der Waals surface area (Å²) in [5.41, 5.74) is 7.67. The number of fused-ring (bicyclic) bond motifs is 1. The van der Waals surface area contributed by atoms with Gasteiger partial charge in [0.1, 0.15) is 29.0 Å². The molecule has 0 aliphatic carbocycles. The Bertz CT molecular complexity index is 1510. The smallest absolute Gasteiger partial charge is 0.261 e. The molecular weight excluding hydrogens is 442 g/mol. The van der Waals surface area contributed by atoms with Gasteiger partial charge in [0.25, 0.3) is 5.56 Å². The van der Waals surface area contributed by atoms with Gasteiger partial charge in [-0.25, -0.2) is 8.78 Å². The minimum atomic E-state index is -0.840. The Kier molecular flexibility index (Phi) is 5.31. The van der Waals surface area contributed by atoms with Crippen LogP contribution in [-0.2, 0) is 7.05 Å². The monoisotopic (exact) mass is 464 g/mol. The van der Waals surface area contributed by atoms with Crippen molar-refractivity contribution in [3.05, 3.63) is 76.4 Å². The van der Waals surface area contributed by atoms with Gasteiger partial charge in [0.05, 0.1) is 17.8 Å². The third kappa shape index (κ3) is 3.79. The second kappa shape index (κ2) is 8.33. The number of rotatable bonds is 5. The second-order valence-corrected chi connectivity index (χ2v) is 8.12. The van der Waals surface area contributed by atoms with Crippen molar-refractivity contribution in [3.63, 3.8) is 0 Å². The summed E-state index contributed by atoms with van der Waals surface area (Å²) in [6, 6.07) is 9.47. The van der Waals surface area contributed by atoms with E-state index in [-0.39, 0.29) is 23.1 Å². The van der Waals surface area contributed by atoms with E-state index in [2.05, 4.69) is 10.3 Å². The van der Waals surface area contributed by atoms with Crippen LogP contribution in [-0.4, -0.2) is 16.9 Å². The summed E-state index contributed by atoms with van der Waals surface area (Å²) in [4.78, 5) is 17.3. The molecule has 174 valence electrons. The van der Waals surface area contributed by atoms with Crippen LogP contribution < -0.4 is 21.3 Å². The average Bonchev–Trinajstić information content (AvgIpc) is 3.46. The summed E-state index contributed by atoms with van der Waals surface area (Å²) in [5.74, 6) is 0.0454. The van der Waals surface area contributed by atoms with E-state index in [1.165, 1.54) is 10.6 Å². The number of pyridine rings is 1. The number of aromatic nitrogens is 1. The number of nitrogens with zero attached hydrogens (tertiary/aromatic N) is 2. The molecule has 5 rings (SSSR count). The lowest BCUT2D eigenvalue weighted by Gasteiger charge is -2.14. The summed E-state index contributed by atoms with van der Waals surface area (Å²) in [7, 11) is 1.64. The molecule has 0 saturated heterocycles. The van der Waals surface area contributed by atoms with E-state index in [0.29, 0.717) is 40.1 Å². The molecule has 0 saturated carbocycles. The van der Waals surface area contributed by atoms with Gasteiger partial charge in [-0.3, -0.25) is 9.79 Å². The fourth-order valence-corrected chi connectivity index (χ4v) is 4.03. The zero-order valence-corrected chi connectivity index (χ0v) is 18.6. The molecule has 0 radical (unpaired) electrons. The van der Waals surface area contributed by atoms with Gasteiger partial charge in [-0.05, 0) is 36.4 Å². The summed E-state index contributed by atoms with van der Waals surface area (Å²) < 4.78 is 41.1. The maximum atomic E-state index is 14.3. The molecule has 0 fully saturated rings. The number of hydrogen-bond acceptors (Lipinski definition) is 6. The highest BCUT2D eigenvalue weighted by Crippen LogP contribution is 2.40. The van der Waals surface area contributed by atoms with E-state index < -0.39 is 11.6 Å². The molecule has 3 heterocycles. The lowest BCUT2D eigenvalue weighted by Crippen LogP contribution is -2.22. The van der Waals surface area contributed by atoms with E-state index in [1.54, 1.807) is 37.5 Å². The van der Waals surface area contributed by atoms with Crippen molar-refractivity contribution < 1.29 is 17.9 Å². The number of benzene rings is 2. The van der Waals surface area contributed by atoms with Crippen LogP contribution >= 0.6 is 0 Å². The van der Waals surface area contributed by atoms with Crippen molar-refractivity contribution in [3.8, 4) is 22.6 Å². The van der Waals surface area contributed by atoms with Crippen LogP contribution in [0.3, 0.4) is 0 Å². The lowest BCUT2D eigenvalue weighted by molar-refractivity contribution is 0.439. The van der Waals surface area contributed by atoms with Crippen molar-refractivity contribution in [2.75, 3.05) is 12.3 Å². The van der Waals surface area contributed by atoms with Gasteiger partial charge in [-0.1, -0.05) is 6.92 Å². The van der Waals surface area contributed by atoms with Crippen molar-refractivity contribution in [2.45, 2.75) is 19.4 Å². The van der Waals surface area contributed by atoms with Crippen molar-refractivity contribution in [1.29, 1.82) is 0 Å². The van der Waals surface area contributed by atoms with Gasteiger partial charge in [-0.2, -0.15) is 0 Å². The number of nitrogens with two attached hydrogens (primary N) is 1. The van der Waals surface area contributed by atoms with Gasteiger partial charge < -0.3 is 24.8 Å². The Morgan fingerprint density at radius 2 is 1.97 bits per heavy atom. The van der Waals surface area contributed by atoms with Crippen LogP contribution in [0.4, 0.5) is 14.5 Å². The lowest BCUT2D eigenvalue weighted by atomic mass is 10.0. The van der Waals surface area contributed by atoms with E-state index in [1.807, 2.05) is 6.92 Å². The Balaban J connectivity index is 1.65.